The molecule has 8 heteroatoms. The number of hydrogen-bond acceptors (Lipinski definition) is 6. The molecule has 0 radical (unpaired) electrons. The minimum atomic E-state index is -0.511. The Balaban J connectivity index is 1.43. The van der Waals surface area contributed by atoms with E-state index < -0.39 is 6.04 Å². The Bertz CT molecular complexity index is 992. The van der Waals surface area contributed by atoms with Crippen LogP contribution in [0.15, 0.2) is 54.6 Å². The Morgan fingerprint density at radius 2 is 1.59 bits per heavy atom. The molecule has 0 saturated heterocycles. The van der Waals surface area contributed by atoms with E-state index in [1.54, 1.807) is 5.48 Å². The van der Waals surface area contributed by atoms with Gasteiger partial charge in [0.15, 0.2) is 0 Å². The van der Waals surface area contributed by atoms with Crippen molar-refractivity contribution in [1.82, 2.24) is 10.8 Å². The summed E-state index contributed by atoms with van der Waals surface area (Å²) in [6.45, 7) is 0.588. The number of hydrogen-bond donors (Lipinski definition) is 4. The summed E-state index contributed by atoms with van der Waals surface area (Å²) in [5.74, 6) is -0.648. The largest absolute Gasteiger partial charge is 0.461 e. The smallest absolute Gasteiger partial charge is 0.328 e. The van der Waals surface area contributed by atoms with E-state index in [9.17, 15) is 14.4 Å². The van der Waals surface area contributed by atoms with E-state index in [1.807, 2.05) is 54.6 Å². The Kier molecular flexibility index (Phi) is 12.1. The van der Waals surface area contributed by atoms with Crippen molar-refractivity contribution in [3.63, 3.8) is 0 Å². The van der Waals surface area contributed by atoms with E-state index in [4.69, 9.17) is 9.94 Å². The summed E-state index contributed by atoms with van der Waals surface area (Å²) in [6.07, 6.45) is 8.65. The molecule has 1 aliphatic rings. The summed E-state index contributed by atoms with van der Waals surface area (Å²) in [4.78, 5) is 36.3. The highest BCUT2D eigenvalue weighted by atomic mass is 16.5. The van der Waals surface area contributed by atoms with Crippen LogP contribution in [0.3, 0.4) is 0 Å². The fourth-order valence-electron chi connectivity index (χ4n) is 4.59. The minimum Gasteiger partial charge on any atom is -0.461 e. The highest BCUT2D eigenvalue weighted by Gasteiger charge is 2.26. The zero-order chi connectivity index (χ0) is 26.3. The fourth-order valence-corrected chi connectivity index (χ4v) is 4.59. The van der Waals surface area contributed by atoms with E-state index in [2.05, 4.69) is 10.6 Å². The monoisotopic (exact) mass is 509 g/mol. The third kappa shape index (κ3) is 10.3. The standard InChI is InChI=1S/C29H39N3O5/c33-26(17-6-1-2-7-18-27(34)32-36)31-24-14-10-11-22(21-24)19-20-30-28(23-12-4-3-5-13-23)29(35)37-25-15-8-9-16-25/h3-5,10-14,21,25,28,30,36H,1-2,6-9,15-20H2,(H,31,33)(H,32,34)/t28-/m0/s1. The van der Waals surface area contributed by atoms with Crippen LogP contribution in [0.2, 0.25) is 0 Å². The van der Waals surface area contributed by atoms with E-state index in [0.29, 0.717) is 25.8 Å². The molecule has 0 spiro atoms. The molecule has 3 rings (SSSR count). The first-order chi connectivity index (χ1) is 18.0. The van der Waals surface area contributed by atoms with E-state index in [1.165, 1.54) is 0 Å². The number of nitrogens with one attached hydrogen (secondary N) is 3. The van der Waals surface area contributed by atoms with Crippen LogP contribution in [0.1, 0.15) is 81.4 Å². The molecule has 1 fully saturated rings. The quantitative estimate of drug-likeness (QED) is 0.118. The molecular formula is C29H39N3O5. The summed E-state index contributed by atoms with van der Waals surface area (Å²) >= 11 is 0. The Hall–Kier alpha value is -3.23. The van der Waals surface area contributed by atoms with Crippen molar-refractivity contribution in [1.29, 1.82) is 0 Å². The lowest BCUT2D eigenvalue weighted by molar-refractivity contribution is -0.151. The second-order valence-corrected chi connectivity index (χ2v) is 9.59. The van der Waals surface area contributed by atoms with Gasteiger partial charge < -0.3 is 15.4 Å². The fraction of sp³-hybridized carbons (Fsp3) is 0.483. The topological polar surface area (TPSA) is 117 Å². The van der Waals surface area contributed by atoms with E-state index >= 15 is 0 Å². The van der Waals surface area contributed by atoms with Crippen molar-refractivity contribution in [3.05, 3.63) is 65.7 Å². The van der Waals surface area contributed by atoms with Crippen molar-refractivity contribution in [2.24, 2.45) is 0 Å². The van der Waals surface area contributed by atoms with Gasteiger partial charge in [0.05, 0.1) is 0 Å². The van der Waals surface area contributed by atoms with Gasteiger partial charge in [-0.2, -0.15) is 0 Å². The lowest BCUT2D eigenvalue weighted by Gasteiger charge is -2.21. The van der Waals surface area contributed by atoms with Gasteiger partial charge in [0, 0.05) is 25.1 Å². The normalized spacial score (nSPS) is 14.2. The number of esters is 1. The van der Waals surface area contributed by atoms with E-state index in [0.717, 1.165) is 61.8 Å². The van der Waals surface area contributed by atoms with Crippen molar-refractivity contribution in [3.8, 4) is 0 Å². The first-order valence-electron chi connectivity index (χ1n) is 13.4. The molecule has 2 aromatic carbocycles. The number of carbonyl (C=O) groups is 3. The van der Waals surface area contributed by atoms with Crippen molar-refractivity contribution >= 4 is 23.5 Å². The Labute approximate surface area is 219 Å². The number of carbonyl (C=O) groups excluding carboxylic acids is 3. The van der Waals surface area contributed by atoms with Crippen LogP contribution in [0, 0.1) is 0 Å². The number of ether oxygens (including phenoxy) is 1. The molecule has 0 unspecified atom stereocenters. The zero-order valence-corrected chi connectivity index (χ0v) is 21.4. The molecule has 1 atom stereocenters. The number of hydroxylamine groups is 1. The molecule has 200 valence electrons. The highest BCUT2D eigenvalue weighted by Crippen LogP contribution is 2.24. The Morgan fingerprint density at radius 1 is 0.892 bits per heavy atom. The molecule has 0 aromatic heterocycles. The zero-order valence-electron chi connectivity index (χ0n) is 21.4. The molecule has 0 bridgehead atoms. The SMILES string of the molecule is O=C(CCCCCCC(=O)Nc1cccc(CCN[C@H](C(=O)OC2CCCC2)c2ccccc2)c1)NO. The summed E-state index contributed by atoms with van der Waals surface area (Å²) in [6, 6.07) is 16.9. The van der Waals surface area contributed by atoms with Crippen molar-refractivity contribution in [2.75, 3.05) is 11.9 Å². The first kappa shape index (κ1) is 28.3. The summed E-state index contributed by atoms with van der Waals surface area (Å²) in [5, 5.41) is 14.8. The lowest BCUT2D eigenvalue weighted by atomic mass is 10.1. The second kappa shape index (κ2) is 15.8. The van der Waals surface area contributed by atoms with Gasteiger partial charge in [-0.05, 0) is 68.2 Å². The maximum Gasteiger partial charge on any atom is 0.328 e. The van der Waals surface area contributed by atoms with Gasteiger partial charge in [0.2, 0.25) is 11.8 Å². The Morgan fingerprint density at radius 3 is 2.30 bits per heavy atom. The van der Waals surface area contributed by atoms with E-state index in [-0.39, 0.29) is 30.3 Å². The predicted molar refractivity (Wildman–Crippen MR) is 142 cm³/mol. The van der Waals surface area contributed by atoms with Crippen molar-refractivity contribution < 1.29 is 24.3 Å². The molecule has 0 aliphatic heterocycles. The molecule has 2 amide bonds. The van der Waals surface area contributed by atoms with Crippen LogP contribution in [0.25, 0.3) is 0 Å². The average Bonchev–Trinajstić information content (AvgIpc) is 3.42. The van der Waals surface area contributed by atoms with Gasteiger partial charge in [-0.1, -0.05) is 55.3 Å². The molecule has 2 aromatic rings. The predicted octanol–water partition coefficient (Wildman–Crippen LogP) is 4.83. The number of amides is 2. The molecule has 37 heavy (non-hydrogen) atoms. The van der Waals surface area contributed by atoms with Gasteiger partial charge in [0.25, 0.3) is 0 Å². The minimum absolute atomic E-state index is 0.0218. The molecule has 8 nitrogen and oxygen atoms in total. The maximum atomic E-state index is 12.9. The highest BCUT2D eigenvalue weighted by molar-refractivity contribution is 5.90. The summed E-state index contributed by atoms with van der Waals surface area (Å²) in [7, 11) is 0. The van der Waals surface area contributed by atoms with Crippen LogP contribution in [0.4, 0.5) is 5.69 Å². The molecular weight excluding hydrogens is 470 g/mol. The van der Waals surface area contributed by atoms with Crippen LogP contribution in [0.5, 0.6) is 0 Å². The first-order valence-corrected chi connectivity index (χ1v) is 13.4. The van der Waals surface area contributed by atoms with Crippen LogP contribution >= 0.6 is 0 Å². The number of unbranched alkanes of at least 4 members (excludes halogenated alkanes) is 3. The average molecular weight is 510 g/mol. The van der Waals surface area contributed by atoms with Gasteiger partial charge in [-0.25, -0.2) is 10.3 Å². The van der Waals surface area contributed by atoms with Crippen LogP contribution < -0.4 is 16.1 Å². The number of rotatable bonds is 15. The van der Waals surface area contributed by atoms with Crippen LogP contribution in [-0.4, -0.2) is 35.6 Å². The third-order valence-corrected chi connectivity index (χ3v) is 6.61. The van der Waals surface area contributed by atoms with Gasteiger partial charge >= 0.3 is 5.97 Å². The molecule has 4 N–H and O–H groups in total. The second-order valence-electron chi connectivity index (χ2n) is 9.59. The maximum absolute atomic E-state index is 12.9. The summed E-state index contributed by atoms with van der Waals surface area (Å²) in [5.41, 5.74) is 4.32. The third-order valence-electron chi connectivity index (χ3n) is 6.61. The van der Waals surface area contributed by atoms with Crippen molar-refractivity contribution in [2.45, 2.75) is 82.8 Å². The van der Waals surface area contributed by atoms with Gasteiger partial charge in [0.1, 0.15) is 12.1 Å². The van der Waals surface area contributed by atoms with Gasteiger partial charge in [-0.15, -0.1) is 0 Å². The molecule has 0 heterocycles. The number of anilines is 1. The lowest BCUT2D eigenvalue weighted by Crippen LogP contribution is -2.33. The van der Waals surface area contributed by atoms with Gasteiger partial charge in [-0.3, -0.25) is 14.8 Å². The molecule has 1 saturated carbocycles. The van der Waals surface area contributed by atoms with Crippen LogP contribution in [-0.2, 0) is 25.5 Å². The number of benzene rings is 2. The summed E-state index contributed by atoms with van der Waals surface area (Å²) < 4.78 is 5.79. The molecule has 1 aliphatic carbocycles.